The van der Waals surface area contributed by atoms with Crippen LogP contribution in [0.15, 0.2) is 91.6 Å². The summed E-state index contributed by atoms with van der Waals surface area (Å²) in [6.45, 7) is 7.57. The average Bonchev–Trinajstić information content (AvgIpc) is 1.61. The number of aromatic nitrogens is 25. The van der Waals surface area contributed by atoms with Gasteiger partial charge in [-0.15, -0.1) is 0 Å². The van der Waals surface area contributed by atoms with Gasteiger partial charge in [0.2, 0.25) is 47.6 Å². The molecule has 0 aromatic carbocycles. The van der Waals surface area contributed by atoms with Gasteiger partial charge in [-0.25, -0.2) is 27.5 Å². The zero-order valence-electron chi connectivity index (χ0n) is 61.8. The van der Waals surface area contributed by atoms with Crippen molar-refractivity contribution in [3.05, 3.63) is 184 Å². The van der Waals surface area contributed by atoms with Crippen LogP contribution >= 0.6 is 0 Å². The summed E-state index contributed by atoms with van der Waals surface area (Å²) in [6.07, 6.45) is 24.6. The number of aromatic amines is 4. The highest BCUT2D eigenvalue weighted by molar-refractivity contribution is 5.55. The number of nitrogens with zero attached hydrogens (tertiary/aromatic N) is 21. The zero-order chi connectivity index (χ0) is 76.3. The standard InChI is InChI=1S/C19H20F2N8.C19H21FN8.C19H22N8.C18H20FN9/c1-9(16-13(21)6-12(20)8-22-16)23-18-25-17(11-4-5-11)26-19(27-18)24-15-7-14(28-29-15)10-2-3-10;1-10(14-7-6-13(20)9-21-14)22-18-24-17(12-4-5-12)25-19(26-18)23-16-8-15(27-28-16)11-2-3-11;1-11(14-4-2-3-9-20-14)21-18-23-17(13-7-8-13)24-19(25-18)22-16-10-15(26-27-16)12-5-6-12;1-9(15-20-7-12(19)8-21-15)22-17-24-16(11-4-5-11)25-18(26-17)23-14-6-13(27-28-14)10-2-3-10/h6-11H,2-5H2,1H3,(H3,23,24,25,26,27,28,29);6-12H,2-5H2,1H3,(H3,22,23,24,25,26,27,28);2-4,9-13H,5-8H2,1H3,(H3,21,22,23,24,25,26,27);6-11H,2-5H2,1H3,(H3,22,23,24,25,26,27,28). The predicted molar refractivity (Wildman–Crippen MR) is 405 cm³/mol. The van der Waals surface area contributed by atoms with Crippen molar-refractivity contribution in [2.24, 2.45) is 0 Å². The zero-order valence-corrected chi connectivity index (χ0v) is 61.8. The van der Waals surface area contributed by atoms with Gasteiger partial charge >= 0.3 is 0 Å². The largest absolute Gasteiger partial charge is 0.346 e. The van der Waals surface area contributed by atoms with Crippen LogP contribution in [0.4, 0.5) is 88.4 Å². The first-order valence-corrected chi connectivity index (χ1v) is 38.3. The van der Waals surface area contributed by atoms with Gasteiger partial charge < -0.3 is 42.5 Å². The molecular formula is C75H83F4N33. The molecule has 8 aliphatic carbocycles. The van der Waals surface area contributed by atoms with Crippen molar-refractivity contribution in [2.75, 3.05) is 42.5 Å². The predicted octanol–water partition coefficient (Wildman–Crippen LogP) is 14.6. The molecule has 0 bridgehead atoms. The topological polar surface area (TPSA) is 430 Å². The fourth-order valence-corrected chi connectivity index (χ4v) is 12.2. The molecule has 4 unspecified atom stereocenters. The molecule has 37 heteroatoms. The third-order valence-electron chi connectivity index (χ3n) is 19.8. The van der Waals surface area contributed by atoms with Gasteiger partial charge in [-0.1, -0.05) is 6.07 Å². The smallest absolute Gasteiger partial charge is 0.233 e. The molecule has 12 aromatic rings. The Morgan fingerprint density at radius 2 is 0.643 bits per heavy atom. The Hall–Kier alpha value is -12.5. The van der Waals surface area contributed by atoms with Crippen LogP contribution < -0.4 is 42.5 Å². The number of nitrogens with one attached hydrogen (secondary N) is 12. The molecule has 0 amide bonds. The molecule has 0 spiro atoms. The van der Waals surface area contributed by atoms with Crippen molar-refractivity contribution in [1.29, 1.82) is 0 Å². The molecule has 12 heterocycles. The normalized spacial score (nSPS) is 17.4. The van der Waals surface area contributed by atoms with Crippen molar-refractivity contribution in [3.63, 3.8) is 0 Å². The Morgan fingerprint density at radius 1 is 0.312 bits per heavy atom. The third kappa shape index (κ3) is 19.4. The van der Waals surface area contributed by atoms with Crippen LogP contribution in [0.1, 0.15) is 271 Å². The summed E-state index contributed by atoms with van der Waals surface area (Å²) in [7, 11) is 0. The fraction of sp³-hybridized carbons (Fsp3) is 0.427. The van der Waals surface area contributed by atoms with E-state index in [4.69, 9.17) is 0 Å². The molecule has 8 saturated carbocycles. The lowest BCUT2D eigenvalue weighted by Crippen LogP contribution is -2.15. The lowest BCUT2D eigenvalue weighted by atomic mass is 10.2. The second kappa shape index (κ2) is 31.9. The molecule has 12 N–H and O–H groups in total. The fourth-order valence-electron chi connectivity index (χ4n) is 12.2. The van der Waals surface area contributed by atoms with Gasteiger partial charge in [-0.05, 0) is 155 Å². The first-order chi connectivity index (χ1) is 54.6. The summed E-state index contributed by atoms with van der Waals surface area (Å²) in [5, 5.41) is 55.0. The summed E-state index contributed by atoms with van der Waals surface area (Å²) in [6, 6.07) is 16.7. The van der Waals surface area contributed by atoms with Gasteiger partial charge in [0.05, 0.1) is 66.0 Å². The Balaban J connectivity index is 0.000000108. The third-order valence-corrected chi connectivity index (χ3v) is 19.8. The van der Waals surface area contributed by atoms with E-state index in [9.17, 15) is 17.6 Å². The van der Waals surface area contributed by atoms with Crippen LogP contribution in [0.2, 0.25) is 0 Å². The number of halogens is 4. The van der Waals surface area contributed by atoms with E-state index in [0.717, 1.165) is 122 Å². The molecule has 20 rings (SSSR count). The van der Waals surface area contributed by atoms with E-state index in [1.807, 2.05) is 63.2 Å². The lowest BCUT2D eigenvalue weighted by Gasteiger charge is -2.15. The van der Waals surface area contributed by atoms with E-state index in [1.54, 1.807) is 19.2 Å². The highest BCUT2D eigenvalue weighted by atomic mass is 19.1. The Kier molecular flexibility index (Phi) is 20.6. The van der Waals surface area contributed by atoms with Crippen molar-refractivity contribution in [2.45, 2.75) is 202 Å². The van der Waals surface area contributed by atoms with E-state index in [1.165, 1.54) is 69.3 Å². The second-order valence-corrected chi connectivity index (χ2v) is 29.8. The minimum atomic E-state index is -0.719. The molecular weight excluding hydrogens is 1440 g/mol. The highest BCUT2D eigenvalue weighted by Crippen LogP contribution is 2.45. The monoisotopic (exact) mass is 1520 g/mol. The lowest BCUT2D eigenvalue weighted by molar-refractivity contribution is 0.549. The van der Waals surface area contributed by atoms with Crippen molar-refractivity contribution >= 4 is 70.9 Å². The first-order valence-electron chi connectivity index (χ1n) is 38.3. The van der Waals surface area contributed by atoms with E-state index < -0.39 is 23.5 Å². The Morgan fingerprint density at radius 3 is 0.973 bits per heavy atom. The molecule has 4 atom stereocenters. The minimum Gasteiger partial charge on any atom is -0.346 e. The Bertz CT molecular complexity index is 5060. The molecule has 576 valence electrons. The van der Waals surface area contributed by atoms with Crippen LogP contribution in [0, 0.1) is 23.3 Å². The maximum atomic E-state index is 14.0. The SMILES string of the molecule is CC(Nc1nc(Nc2cc(C3CC3)[nH]n2)nc(C2CC2)n1)c1ccc(F)cn1.CC(Nc1nc(Nc2cc(C3CC3)[nH]n2)nc(C2CC2)n1)c1ccccn1.CC(Nc1nc(Nc2cc(C3CC3)[nH]n2)nc(C2CC2)n1)c1ncc(F)cc1F.CC(Nc1nc(Nc2cc(C3CC3)[nH]n2)nc(C2CC2)n1)c1ncc(F)cn1. The summed E-state index contributed by atoms with van der Waals surface area (Å²) in [5.74, 6) is 11.5. The Labute approximate surface area is 639 Å². The maximum Gasteiger partial charge on any atom is 0.233 e. The molecule has 33 nitrogen and oxygen atoms in total. The number of H-pyrrole nitrogens is 4. The minimum absolute atomic E-state index is 0.000330. The summed E-state index contributed by atoms with van der Waals surface area (Å²) < 4.78 is 53.3. The van der Waals surface area contributed by atoms with E-state index in [0.29, 0.717) is 130 Å². The van der Waals surface area contributed by atoms with Gasteiger partial charge in [-0.2, -0.15) is 80.2 Å². The number of anilines is 12. The van der Waals surface area contributed by atoms with Crippen molar-refractivity contribution in [1.82, 2.24) is 126 Å². The maximum absolute atomic E-state index is 14.0. The van der Waals surface area contributed by atoms with Gasteiger partial charge in [0.15, 0.2) is 29.1 Å². The highest BCUT2D eigenvalue weighted by Gasteiger charge is 2.34. The van der Waals surface area contributed by atoms with Crippen LogP contribution in [0.5, 0.6) is 0 Å². The number of hydrogen-bond donors (Lipinski definition) is 12. The average molecular weight is 1520 g/mol. The molecule has 0 radical (unpaired) electrons. The first kappa shape index (κ1) is 72.4. The molecule has 112 heavy (non-hydrogen) atoms. The van der Waals surface area contributed by atoms with Crippen LogP contribution in [-0.2, 0) is 0 Å². The van der Waals surface area contributed by atoms with Crippen molar-refractivity contribution < 1.29 is 17.6 Å². The van der Waals surface area contributed by atoms with Crippen LogP contribution in [-0.4, -0.2) is 126 Å². The quantitative estimate of drug-likeness (QED) is 0.0203. The number of rotatable bonds is 28. The van der Waals surface area contributed by atoms with Gasteiger partial charge in [0, 0.05) is 107 Å². The second-order valence-electron chi connectivity index (χ2n) is 29.8. The molecule has 0 saturated heterocycles. The van der Waals surface area contributed by atoms with Gasteiger partial charge in [-0.3, -0.25) is 35.3 Å². The molecule has 0 aliphatic heterocycles. The van der Waals surface area contributed by atoms with E-state index >= 15 is 0 Å². The molecule has 8 fully saturated rings. The van der Waals surface area contributed by atoms with E-state index in [-0.39, 0.29) is 29.6 Å². The van der Waals surface area contributed by atoms with Crippen LogP contribution in [0.3, 0.4) is 0 Å². The van der Waals surface area contributed by atoms with Crippen LogP contribution in [0.25, 0.3) is 0 Å². The molecule has 8 aliphatic rings. The molecule has 12 aromatic heterocycles. The summed E-state index contributed by atoms with van der Waals surface area (Å²) in [4.78, 5) is 74.7. The van der Waals surface area contributed by atoms with E-state index in [2.05, 4.69) is 168 Å². The summed E-state index contributed by atoms with van der Waals surface area (Å²) >= 11 is 0. The van der Waals surface area contributed by atoms with Gasteiger partial charge in [0.25, 0.3) is 0 Å². The van der Waals surface area contributed by atoms with Crippen molar-refractivity contribution in [3.8, 4) is 0 Å². The number of pyridine rings is 3. The summed E-state index contributed by atoms with van der Waals surface area (Å²) in [5.41, 5.74) is 6.32. The number of hydrogen-bond acceptors (Lipinski definition) is 29. The van der Waals surface area contributed by atoms with Gasteiger partial charge in [0.1, 0.15) is 46.6 Å².